The van der Waals surface area contributed by atoms with Gasteiger partial charge in [-0.05, 0) is 44.6 Å². The van der Waals surface area contributed by atoms with E-state index in [4.69, 9.17) is 4.74 Å². The second-order valence-corrected chi connectivity index (χ2v) is 5.00. The number of ether oxygens (including phenoxy) is 1. The zero-order chi connectivity index (χ0) is 10.4. The topological polar surface area (TPSA) is 21.3 Å². The Balaban J connectivity index is 1.96. The molecule has 1 aliphatic heterocycles. The lowest BCUT2D eigenvalue weighted by atomic mass is 10.0. The summed E-state index contributed by atoms with van der Waals surface area (Å²) in [6, 6.07) is 0.664. The second kappa shape index (κ2) is 6.41. The molecule has 84 valence electrons. The van der Waals surface area contributed by atoms with E-state index in [2.05, 4.69) is 26.1 Å². The van der Waals surface area contributed by atoms with Gasteiger partial charge in [-0.25, -0.2) is 0 Å². The van der Waals surface area contributed by atoms with Gasteiger partial charge in [0.2, 0.25) is 0 Å². The Morgan fingerprint density at radius 3 is 2.71 bits per heavy atom. The molecule has 0 aromatic carbocycles. The van der Waals surface area contributed by atoms with Crippen molar-refractivity contribution >= 4 is 0 Å². The lowest BCUT2D eigenvalue weighted by Crippen LogP contribution is -2.29. The highest BCUT2D eigenvalue weighted by Crippen LogP contribution is 2.15. The molecule has 2 nitrogen and oxygen atoms in total. The monoisotopic (exact) mass is 199 g/mol. The zero-order valence-corrected chi connectivity index (χ0v) is 9.88. The fourth-order valence-corrected chi connectivity index (χ4v) is 2.14. The molecule has 1 heterocycles. The molecule has 0 amide bonds. The molecule has 0 bridgehead atoms. The Kier molecular flexibility index (Phi) is 5.49. The molecule has 1 fully saturated rings. The third-order valence-corrected chi connectivity index (χ3v) is 2.89. The van der Waals surface area contributed by atoms with Gasteiger partial charge in [0.05, 0.1) is 0 Å². The third kappa shape index (κ3) is 4.97. The minimum Gasteiger partial charge on any atom is -0.381 e. The van der Waals surface area contributed by atoms with Crippen LogP contribution in [0.4, 0.5) is 0 Å². The van der Waals surface area contributed by atoms with E-state index in [0.29, 0.717) is 6.04 Å². The first kappa shape index (κ1) is 12.0. The summed E-state index contributed by atoms with van der Waals surface area (Å²) >= 11 is 0. The first-order valence-corrected chi connectivity index (χ1v) is 5.99. The fraction of sp³-hybridized carbons (Fsp3) is 1.00. The number of hydrogen-bond acceptors (Lipinski definition) is 2. The van der Waals surface area contributed by atoms with Crippen LogP contribution in [0.3, 0.4) is 0 Å². The summed E-state index contributed by atoms with van der Waals surface area (Å²) in [7, 11) is 0. The summed E-state index contributed by atoms with van der Waals surface area (Å²) in [6.07, 6.45) is 3.82. The predicted molar refractivity (Wildman–Crippen MR) is 60.5 cm³/mol. The maximum atomic E-state index is 5.35. The van der Waals surface area contributed by atoms with Crippen molar-refractivity contribution in [2.24, 2.45) is 11.8 Å². The van der Waals surface area contributed by atoms with E-state index in [0.717, 1.165) is 31.6 Å². The van der Waals surface area contributed by atoms with E-state index >= 15 is 0 Å². The zero-order valence-electron chi connectivity index (χ0n) is 9.88. The van der Waals surface area contributed by atoms with E-state index in [9.17, 15) is 0 Å². The van der Waals surface area contributed by atoms with Crippen molar-refractivity contribution in [1.29, 1.82) is 0 Å². The van der Waals surface area contributed by atoms with E-state index < -0.39 is 0 Å². The summed E-state index contributed by atoms with van der Waals surface area (Å²) in [5.74, 6) is 1.61. The molecule has 0 aromatic rings. The van der Waals surface area contributed by atoms with Gasteiger partial charge in [-0.15, -0.1) is 0 Å². The number of nitrogens with one attached hydrogen (secondary N) is 1. The van der Waals surface area contributed by atoms with E-state index in [1.165, 1.54) is 19.3 Å². The maximum absolute atomic E-state index is 5.35. The van der Waals surface area contributed by atoms with Crippen molar-refractivity contribution < 1.29 is 4.74 Å². The molecule has 14 heavy (non-hydrogen) atoms. The summed E-state index contributed by atoms with van der Waals surface area (Å²) in [4.78, 5) is 0. The Labute approximate surface area is 88.4 Å². The Hall–Kier alpha value is -0.0800. The molecule has 0 aliphatic carbocycles. The van der Waals surface area contributed by atoms with E-state index in [1.54, 1.807) is 0 Å². The lowest BCUT2D eigenvalue weighted by molar-refractivity contribution is 0.184. The van der Waals surface area contributed by atoms with Gasteiger partial charge in [0.1, 0.15) is 0 Å². The highest BCUT2D eigenvalue weighted by molar-refractivity contribution is 4.68. The van der Waals surface area contributed by atoms with Crippen LogP contribution in [0.1, 0.15) is 40.0 Å². The van der Waals surface area contributed by atoms with Crippen molar-refractivity contribution in [3.05, 3.63) is 0 Å². The molecule has 2 unspecified atom stereocenters. The van der Waals surface area contributed by atoms with Gasteiger partial charge < -0.3 is 10.1 Å². The van der Waals surface area contributed by atoms with Crippen LogP contribution in [0.25, 0.3) is 0 Å². The average molecular weight is 199 g/mol. The molecule has 0 aromatic heterocycles. The summed E-state index contributed by atoms with van der Waals surface area (Å²) in [5.41, 5.74) is 0. The van der Waals surface area contributed by atoms with Crippen LogP contribution < -0.4 is 5.32 Å². The third-order valence-electron chi connectivity index (χ3n) is 2.89. The smallest absolute Gasteiger partial charge is 0.0495 e. The van der Waals surface area contributed by atoms with Gasteiger partial charge in [-0.2, -0.15) is 0 Å². The largest absolute Gasteiger partial charge is 0.381 e. The van der Waals surface area contributed by atoms with E-state index in [1.807, 2.05) is 0 Å². The molecule has 1 saturated heterocycles. The molecule has 0 spiro atoms. The number of hydrogen-bond donors (Lipinski definition) is 1. The van der Waals surface area contributed by atoms with Crippen molar-refractivity contribution in [2.75, 3.05) is 19.8 Å². The van der Waals surface area contributed by atoms with Gasteiger partial charge in [-0.3, -0.25) is 0 Å². The summed E-state index contributed by atoms with van der Waals surface area (Å²) in [5, 5.41) is 3.59. The van der Waals surface area contributed by atoms with Crippen molar-refractivity contribution in [1.82, 2.24) is 5.32 Å². The van der Waals surface area contributed by atoms with Gasteiger partial charge in [0.15, 0.2) is 0 Å². The van der Waals surface area contributed by atoms with E-state index in [-0.39, 0.29) is 0 Å². The maximum Gasteiger partial charge on any atom is 0.0495 e. The van der Waals surface area contributed by atoms with Gasteiger partial charge >= 0.3 is 0 Å². The molecule has 2 heteroatoms. The molecule has 1 N–H and O–H groups in total. The highest BCUT2D eigenvalue weighted by Gasteiger charge is 2.15. The van der Waals surface area contributed by atoms with Crippen LogP contribution in [0.5, 0.6) is 0 Å². The second-order valence-electron chi connectivity index (χ2n) is 5.00. The highest BCUT2D eigenvalue weighted by atomic mass is 16.5. The molecular formula is C12H25NO. The van der Waals surface area contributed by atoms with Crippen LogP contribution in [0.2, 0.25) is 0 Å². The molecule has 0 saturated carbocycles. The first-order chi connectivity index (χ1) is 6.68. The van der Waals surface area contributed by atoms with Crippen LogP contribution in [-0.2, 0) is 4.74 Å². The Bertz CT molecular complexity index is 141. The number of rotatable bonds is 6. The fourth-order valence-electron chi connectivity index (χ4n) is 2.14. The molecule has 1 rings (SSSR count). The predicted octanol–water partition coefficient (Wildman–Crippen LogP) is 2.44. The quantitative estimate of drug-likeness (QED) is 0.709. The lowest BCUT2D eigenvalue weighted by Gasteiger charge is -2.16. The standard InChI is InChI=1S/C12H25NO/c1-10(2)8-11(3)13-6-4-12-5-7-14-9-12/h10-13H,4-9H2,1-3H3. The summed E-state index contributed by atoms with van der Waals surface area (Å²) < 4.78 is 5.35. The first-order valence-electron chi connectivity index (χ1n) is 5.99. The van der Waals surface area contributed by atoms with Gasteiger partial charge in [0, 0.05) is 19.3 Å². The normalized spacial score (nSPS) is 24.4. The van der Waals surface area contributed by atoms with Crippen LogP contribution in [-0.4, -0.2) is 25.8 Å². The SMILES string of the molecule is CC(C)CC(C)NCCC1CCOC1. The van der Waals surface area contributed by atoms with Crippen LogP contribution in [0.15, 0.2) is 0 Å². The van der Waals surface area contributed by atoms with Crippen molar-refractivity contribution in [3.63, 3.8) is 0 Å². The minimum atomic E-state index is 0.664. The Morgan fingerprint density at radius 2 is 2.14 bits per heavy atom. The Morgan fingerprint density at radius 1 is 1.36 bits per heavy atom. The van der Waals surface area contributed by atoms with Gasteiger partial charge in [0.25, 0.3) is 0 Å². The minimum absolute atomic E-state index is 0.664. The molecular weight excluding hydrogens is 174 g/mol. The van der Waals surface area contributed by atoms with Crippen molar-refractivity contribution in [2.45, 2.75) is 46.1 Å². The summed E-state index contributed by atoms with van der Waals surface area (Å²) in [6.45, 7) is 9.96. The van der Waals surface area contributed by atoms with Gasteiger partial charge in [-0.1, -0.05) is 13.8 Å². The van der Waals surface area contributed by atoms with Crippen LogP contribution in [0, 0.1) is 11.8 Å². The molecule has 2 atom stereocenters. The molecule has 0 radical (unpaired) electrons. The molecule has 1 aliphatic rings. The van der Waals surface area contributed by atoms with Crippen molar-refractivity contribution in [3.8, 4) is 0 Å². The average Bonchev–Trinajstić information content (AvgIpc) is 2.55. The van der Waals surface area contributed by atoms with Crippen LogP contribution >= 0.6 is 0 Å².